The highest BCUT2D eigenvalue weighted by atomic mass is 16.5. The Bertz CT molecular complexity index is 646. The molecule has 1 heterocycles. The minimum atomic E-state index is -0.0809. The third-order valence-corrected chi connectivity index (χ3v) is 3.40. The zero-order chi connectivity index (χ0) is 15.2. The number of ether oxygens (including phenoxy) is 1. The molecule has 0 unspecified atom stereocenters. The quantitative estimate of drug-likeness (QED) is 0.820. The van der Waals surface area contributed by atoms with Crippen LogP contribution < -0.4 is 10.1 Å². The Balaban J connectivity index is 1.91. The lowest BCUT2D eigenvalue weighted by atomic mass is 10.1. The van der Waals surface area contributed by atoms with E-state index in [1.54, 1.807) is 7.11 Å². The summed E-state index contributed by atoms with van der Waals surface area (Å²) >= 11 is 0. The van der Waals surface area contributed by atoms with Crippen LogP contribution in [0.15, 0.2) is 24.4 Å². The van der Waals surface area contributed by atoms with Crippen LogP contribution in [-0.4, -0.2) is 30.3 Å². The number of nitrogens with one attached hydrogen (secondary N) is 2. The maximum atomic E-state index is 11.5. The van der Waals surface area contributed by atoms with E-state index < -0.39 is 0 Å². The molecule has 1 amide bonds. The van der Waals surface area contributed by atoms with E-state index in [1.807, 2.05) is 24.4 Å². The molecular weight excluding hydrogens is 268 g/mol. The number of Topliss-reactive ketones (excluding diaryl/α,β-unsaturated/α-hetero) is 1. The van der Waals surface area contributed by atoms with E-state index in [1.165, 1.54) is 6.92 Å². The molecule has 2 rings (SSSR count). The van der Waals surface area contributed by atoms with Gasteiger partial charge in [0.2, 0.25) is 5.91 Å². The molecule has 0 aliphatic carbocycles. The molecule has 5 heteroatoms. The zero-order valence-electron chi connectivity index (χ0n) is 12.4. The molecule has 0 bridgehead atoms. The van der Waals surface area contributed by atoms with Crippen LogP contribution >= 0.6 is 0 Å². The van der Waals surface area contributed by atoms with E-state index in [2.05, 4.69) is 10.3 Å². The Morgan fingerprint density at radius 2 is 2.10 bits per heavy atom. The van der Waals surface area contributed by atoms with Crippen LogP contribution in [-0.2, 0) is 16.0 Å². The molecule has 2 N–H and O–H groups in total. The minimum Gasteiger partial charge on any atom is -0.497 e. The van der Waals surface area contributed by atoms with Crippen molar-refractivity contribution in [1.29, 1.82) is 0 Å². The number of rotatable bonds is 7. The van der Waals surface area contributed by atoms with Crippen LogP contribution in [0.25, 0.3) is 10.9 Å². The molecule has 0 radical (unpaired) electrons. The topological polar surface area (TPSA) is 71.2 Å². The number of amides is 1. The Kier molecular flexibility index (Phi) is 4.98. The van der Waals surface area contributed by atoms with Crippen LogP contribution in [0.4, 0.5) is 0 Å². The van der Waals surface area contributed by atoms with E-state index in [0.717, 1.165) is 28.6 Å². The first-order valence-electron chi connectivity index (χ1n) is 7.00. The number of benzene rings is 1. The highest BCUT2D eigenvalue weighted by molar-refractivity contribution is 5.85. The number of aromatic amines is 1. The standard InChI is InChI=1S/C16H20N2O3/c1-11(19)3-6-16(20)17-8-7-12-10-18-15-5-4-13(21-2)9-14(12)15/h4-5,9-10,18H,3,6-8H2,1-2H3,(H,17,20). The van der Waals surface area contributed by atoms with Gasteiger partial charge in [-0.1, -0.05) is 0 Å². The summed E-state index contributed by atoms with van der Waals surface area (Å²) in [6, 6.07) is 5.87. The number of H-pyrrole nitrogens is 1. The fraction of sp³-hybridized carbons (Fsp3) is 0.375. The highest BCUT2D eigenvalue weighted by Crippen LogP contribution is 2.23. The van der Waals surface area contributed by atoms with E-state index in [0.29, 0.717) is 13.0 Å². The predicted octanol–water partition coefficient (Wildman–Crippen LogP) is 2.20. The molecule has 0 aliphatic heterocycles. The molecule has 0 fully saturated rings. The Labute approximate surface area is 123 Å². The van der Waals surface area contributed by atoms with Crippen molar-refractivity contribution in [3.05, 3.63) is 30.0 Å². The highest BCUT2D eigenvalue weighted by Gasteiger charge is 2.07. The smallest absolute Gasteiger partial charge is 0.220 e. The van der Waals surface area contributed by atoms with Crippen LogP contribution in [0.5, 0.6) is 5.75 Å². The van der Waals surface area contributed by atoms with Gasteiger partial charge in [-0.05, 0) is 37.1 Å². The molecule has 2 aromatic rings. The van der Waals surface area contributed by atoms with Gasteiger partial charge in [0.15, 0.2) is 0 Å². The van der Waals surface area contributed by atoms with Gasteiger partial charge in [0.05, 0.1) is 7.11 Å². The second kappa shape index (κ2) is 6.92. The average molecular weight is 288 g/mol. The maximum absolute atomic E-state index is 11.5. The van der Waals surface area contributed by atoms with Crippen LogP contribution in [0.3, 0.4) is 0 Å². The van der Waals surface area contributed by atoms with Gasteiger partial charge in [-0.15, -0.1) is 0 Å². The lowest BCUT2D eigenvalue weighted by molar-refractivity contribution is -0.124. The van der Waals surface area contributed by atoms with Gasteiger partial charge in [-0.25, -0.2) is 0 Å². The van der Waals surface area contributed by atoms with Gasteiger partial charge in [-0.3, -0.25) is 4.79 Å². The van der Waals surface area contributed by atoms with Crippen LogP contribution in [0, 0.1) is 0 Å². The number of hydrogen-bond acceptors (Lipinski definition) is 3. The summed E-state index contributed by atoms with van der Waals surface area (Å²) in [5, 5.41) is 3.94. The molecule has 1 aromatic heterocycles. The second-order valence-corrected chi connectivity index (χ2v) is 5.03. The molecule has 0 saturated carbocycles. The van der Waals surface area contributed by atoms with Crippen molar-refractivity contribution in [3.63, 3.8) is 0 Å². The minimum absolute atomic E-state index is 0.0360. The van der Waals surface area contributed by atoms with Crippen molar-refractivity contribution in [1.82, 2.24) is 10.3 Å². The fourth-order valence-electron chi connectivity index (χ4n) is 2.21. The van der Waals surface area contributed by atoms with Gasteiger partial charge >= 0.3 is 0 Å². The van der Waals surface area contributed by atoms with E-state index >= 15 is 0 Å². The zero-order valence-corrected chi connectivity index (χ0v) is 12.4. The predicted molar refractivity (Wildman–Crippen MR) is 81.5 cm³/mol. The summed E-state index contributed by atoms with van der Waals surface area (Å²) in [7, 11) is 1.64. The molecule has 0 atom stereocenters. The molecule has 0 aliphatic rings. The largest absolute Gasteiger partial charge is 0.497 e. The number of carbonyl (C=O) groups excluding carboxylic acids is 2. The fourth-order valence-corrected chi connectivity index (χ4v) is 2.21. The number of carbonyl (C=O) groups is 2. The summed E-state index contributed by atoms with van der Waals surface area (Å²) in [5.41, 5.74) is 2.18. The van der Waals surface area contributed by atoms with Gasteiger partial charge < -0.3 is 19.8 Å². The Morgan fingerprint density at radius 1 is 1.29 bits per heavy atom. The first-order valence-corrected chi connectivity index (χ1v) is 7.00. The Hall–Kier alpha value is -2.30. The van der Waals surface area contributed by atoms with Gasteiger partial charge in [0, 0.05) is 36.5 Å². The molecule has 0 spiro atoms. The maximum Gasteiger partial charge on any atom is 0.220 e. The number of methoxy groups -OCH3 is 1. The van der Waals surface area contributed by atoms with Crippen molar-refractivity contribution in [3.8, 4) is 5.75 Å². The van der Waals surface area contributed by atoms with Gasteiger partial charge in [0.25, 0.3) is 0 Å². The molecule has 1 aromatic carbocycles. The lowest BCUT2D eigenvalue weighted by Crippen LogP contribution is -2.25. The first-order chi connectivity index (χ1) is 10.1. The monoisotopic (exact) mass is 288 g/mol. The Morgan fingerprint density at radius 3 is 2.81 bits per heavy atom. The van der Waals surface area contributed by atoms with Gasteiger partial charge in [0.1, 0.15) is 11.5 Å². The summed E-state index contributed by atoms with van der Waals surface area (Å²) in [5.74, 6) is 0.769. The van der Waals surface area contributed by atoms with E-state index in [9.17, 15) is 9.59 Å². The normalized spacial score (nSPS) is 10.6. The van der Waals surface area contributed by atoms with Crippen molar-refractivity contribution in [2.45, 2.75) is 26.2 Å². The van der Waals surface area contributed by atoms with Crippen LogP contribution in [0.1, 0.15) is 25.3 Å². The second-order valence-electron chi connectivity index (χ2n) is 5.03. The molecule has 0 saturated heterocycles. The number of fused-ring (bicyclic) bond motifs is 1. The summed E-state index contributed by atoms with van der Waals surface area (Å²) in [4.78, 5) is 25.6. The molecule has 112 valence electrons. The van der Waals surface area contributed by atoms with Crippen LogP contribution in [0.2, 0.25) is 0 Å². The van der Waals surface area contributed by atoms with Crippen molar-refractivity contribution in [2.75, 3.05) is 13.7 Å². The SMILES string of the molecule is COc1ccc2[nH]cc(CCNC(=O)CCC(C)=O)c2c1. The van der Waals surface area contributed by atoms with Crippen molar-refractivity contribution < 1.29 is 14.3 Å². The third kappa shape index (κ3) is 4.08. The number of hydrogen-bond donors (Lipinski definition) is 2. The first kappa shape index (κ1) is 15.1. The molecule has 21 heavy (non-hydrogen) atoms. The summed E-state index contributed by atoms with van der Waals surface area (Å²) in [6.07, 6.45) is 3.25. The lowest BCUT2D eigenvalue weighted by Gasteiger charge is -2.04. The number of aromatic nitrogens is 1. The van der Waals surface area contributed by atoms with Gasteiger partial charge in [-0.2, -0.15) is 0 Å². The number of ketones is 1. The molecule has 5 nitrogen and oxygen atoms in total. The van der Waals surface area contributed by atoms with Crippen molar-refractivity contribution >= 4 is 22.6 Å². The summed E-state index contributed by atoms with van der Waals surface area (Å²) < 4.78 is 5.23. The van der Waals surface area contributed by atoms with Crippen molar-refractivity contribution in [2.24, 2.45) is 0 Å². The molecular formula is C16H20N2O3. The average Bonchev–Trinajstić information content (AvgIpc) is 2.87. The van der Waals surface area contributed by atoms with E-state index in [4.69, 9.17) is 4.74 Å². The van der Waals surface area contributed by atoms with E-state index in [-0.39, 0.29) is 18.1 Å². The third-order valence-electron chi connectivity index (χ3n) is 3.40. The summed E-state index contributed by atoms with van der Waals surface area (Å²) in [6.45, 7) is 2.05.